The van der Waals surface area contributed by atoms with Crippen molar-refractivity contribution < 1.29 is 0 Å². The minimum absolute atomic E-state index is 0.247. The van der Waals surface area contributed by atoms with E-state index in [9.17, 15) is 0 Å². The molecule has 0 fully saturated rings. The third-order valence-corrected chi connectivity index (χ3v) is 14.3. The fraction of sp³-hybridized carbons (Fsp3) is 0.0333. The standard InChI is InChI=1S/C60H41NS/c1-60(45-17-3-2-4-18-45)55-25-9-7-21-52(55)53-37-32-43(39-56(53)60)40-28-33-46(34-29-40)61(48-19-11-16-44(38-48)50-23-12-15-41-14-5-6-20-49(41)50)47-35-30-42(31-36-47)51-24-13-27-58-59(51)54-22-8-10-26-57(54)62-58/h2-39H,1H3. The molecule has 1 atom stereocenters. The van der Waals surface area contributed by atoms with E-state index in [-0.39, 0.29) is 5.41 Å². The highest BCUT2D eigenvalue weighted by molar-refractivity contribution is 7.25. The van der Waals surface area contributed by atoms with Gasteiger partial charge in [0.25, 0.3) is 0 Å². The number of benzene rings is 10. The largest absolute Gasteiger partial charge is 0.310 e. The lowest BCUT2D eigenvalue weighted by Crippen LogP contribution is -2.22. The Balaban J connectivity index is 0.963. The van der Waals surface area contributed by atoms with Gasteiger partial charge < -0.3 is 4.90 Å². The normalized spacial score (nSPS) is 14.3. The van der Waals surface area contributed by atoms with Crippen molar-refractivity contribution in [3.8, 4) is 44.5 Å². The first-order valence-corrected chi connectivity index (χ1v) is 22.2. The summed E-state index contributed by atoms with van der Waals surface area (Å²) in [6.07, 6.45) is 0. The van der Waals surface area contributed by atoms with Gasteiger partial charge >= 0.3 is 0 Å². The van der Waals surface area contributed by atoms with Gasteiger partial charge in [0.1, 0.15) is 0 Å². The molecule has 1 aromatic heterocycles. The third kappa shape index (κ3) is 5.83. The van der Waals surface area contributed by atoms with E-state index in [1.54, 1.807) is 0 Å². The number of fused-ring (bicyclic) bond motifs is 7. The molecule has 11 aromatic rings. The Bertz CT molecular complexity index is 3470. The lowest BCUT2D eigenvalue weighted by atomic mass is 9.74. The summed E-state index contributed by atoms with van der Waals surface area (Å²) in [7, 11) is 0. The van der Waals surface area contributed by atoms with E-state index in [0.717, 1.165) is 17.1 Å². The molecule has 0 bridgehead atoms. The second-order valence-corrected chi connectivity index (χ2v) is 17.7. The summed E-state index contributed by atoms with van der Waals surface area (Å²) in [4.78, 5) is 2.40. The maximum atomic E-state index is 2.43. The lowest BCUT2D eigenvalue weighted by molar-refractivity contribution is 0.714. The van der Waals surface area contributed by atoms with Gasteiger partial charge in [0.2, 0.25) is 0 Å². The first-order chi connectivity index (χ1) is 30.6. The molecule has 0 spiro atoms. The molecular weight excluding hydrogens is 767 g/mol. The van der Waals surface area contributed by atoms with E-state index in [4.69, 9.17) is 0 Å². The Kier molecular flexibility index (Phi) is 8.55. The van der Waals surface area contributed by atoms with Crippen LogP contribution in [0.1, 0.15) is 23.6 Å². The number of anilines is 3. The van der Waals surface area contributed by atoms with Crippen LogP contribution in [0.5, 0.6) is 0 Å². The third-order valence-electron chi connectivity index (χ3n) is 13.2. The van der Waals surface area contributed by atoms with Gasteiger partial charge in [-0.15, -0.1) is 11.3 Å². The topological polar surface area (TPSA) is 3.24 Å². The quantitative estimate of drug-likeness (QED) is 0.155. The molecule has 0 saturated heterocycles. The van der Waals surface area contributed by atoms with Crippen molar-refractivity contribution in [2.24, 2.45) is 0 Å². The Morgan fingerprint density at radius 2 is 0.952 bits per heavy atom. The van der Waals surface area contributed by atoms with Crippen molar-refractivity contribution in [3.63, 3.8) is 0 Å². The van der Waals surface area contributed by atoms with Crippen LogP contribution in [0.4, 0.5) is 17.1 Å². The summed E-state index contributed by atoms with van der Waals surface area (Å²) >= 11 is 1.87. The molecule has 10 aromatic carbocycles. The molecule has 62 heavy (non-hydrogen) atoms. The fourth-order valence-electron chi connectivity index (χ4n) is 10.1. The fourth-order valence-corrected chi connectivity index (χ4v) is 11.2. The van der Waals surface area contributed by atoms with Crippen LogP contribution >= 0.6 is 11.3 Å². The maximum absolute atomic E-state index is 2.43. The van der Waals surface area contributed by atoms with E-state index in [1.165, 1.54) is 92.1 Å². The number of hydrogen-bond acceptors (Lipinski definition) is 2. The van der Waals surface area contributed by atoms with Crippen LogP contribution in [0.25, 0.3) is 75.5 Å². The molecule has 1 aliphatic rings. The minimum Gasteiger partial charge on any atom is -0.310 e. The second-order valence-electron chi connectivity index (χ2n) is 16.6. The summed E-state index contributed by atoms with van der Waals surface area (Å²) in [5, 5.41) is 5.14. The average molecular weight is 808 g/mol. The van der Waals surface area contributed by atoms with Crippen LogP contribution in [0.2, 0.25) is 0 Å². The Hall–Kier alpha value is -7.52. The monoisotopic (exact) mass is 807 g/mol. The summed E-state index contributed by atoms with van der Waals surface area (Å²) < 4.78 is 2.64. The Morgan fingerprint density at radius 3 is 1.79 bits per heavy atom. The van der Waals surface area contributed by atoms with Crippen LogP contribution in [-0.2, 0) is 5.41 Å². The number of nitrogens with zero attached hydrogens (tertiary/aromatic N) is 1. The van der Waals surface area contributed by atoms with E-state index in [0.29, 0.717) is 0 Å². The molecule has 0 aliphatic heterocycles. The molecule has 0 saturated carbocycles. The van der Waals surface area contributed by atoms with Crippen LogP contribution in [-0.4, -0.2) is 0 Å². The molecule has 2 heteroatoms. The smallest absolute Gasteiger partial charge is 0.0467 e. The lowest BCUT2D eigenvalue weighted by Gasteiger charge is -2.28. The predicted octanol–water partition coefficient (Wildman–Crippen LogP) is 17.0. The van der Waals surface area contributed by atoms with Gasteiger partial charge in [-0.25, -0.2) is 0 Å². The van der Waals surface area contributed by atoms with Gasteiger partial charge in [0.15, 0.2) is 0 Å². The van der Waals surface area contributed by atoms with Crippen molar-refractivity contribution in [2.75, 3.05) is 4.90 Å². The first kappa shape index (κ1) is 36.3. The van der Waals surface area contributed by atoms with Crippen LogP contribution in [0, 0.1) is 0 Å². The Labute approximate surface area is 366 Å². The predicted molar refractivity (Wildman–Crippen MR) is 265 cm³/mol. The van der Waals surface area contributed by atoms with E-state index >= 15 is 0 Å². The van der Waals surface area contributed by atoms with E-state index in [2.05, 4.69) is 242 Å². The van der Waals surface area contributed by atoms with Gasteiger partial charge in [-0.3, -0.25) is 0 Å². The molecule has 12 rings (SSSR count). The highest BCUT2D eigenvalue weighted by Crippen LogP contribution is 2.53. The minimum atomic E-state index is -0.247. The molecule has 0 amide bonds. The maximum Gasteiger partial charge on any atom is 0.0467 e. The molecule has 292 valence electrons. The van der Waals surface area contributed by atoms with Gasteiger partial charge in [0, 0.05) is 42.6 Å². The summed E-state index contributed by atoms with van der Waals surface area (Å²) in [6, 6.07) is 84.9. The average Bonchev–Trinajstić information content (AvgIpc) is 3.85. The zero-order chi connectivity index (χ0) is 41.2. The van der Waals surface area contributed by atoms with Crippen LogP contribution in [0.3, 0.4) is 0 Å². The van der Waals surface area contributed by atoms with E-state index in [1.807, 2.05) is 11.3 Å². The van der Waals surface area contributed by atoms with Gasteiger partial charge in [-0.1, -0.05) is 176 Å². The summed E-state index contributed by atoms with van der Waals surface area (Å²) in [6.45, 7) is 2.39. The number of rotatable bonds is 7. The van der Waals surface area contributed by atoms with Crippen molar-refractivity contribution in [2.45, 2.75) is 12.3 Å². The van der Waals surface area contributed by atoms with Crippen LogP contribution < -0.4 is 4.90 Å². The molecule has 0 N–H and O–H groups in total. The van der Waals surface area contributed by atoms with Gasteiger partial charge in [0.05, 0.1) is 0 Å². The first-order valence-electron chi connectivity index (χ1n) is 21.4. The van der Waals surface area contributed by atoms with Crippen LogP contribution in [0.15, 0.2) is 231 Å². The van der Waals surface area contributed by atoms with Crippen molar-refractivity contribution >= 4 is 59.3 Å². The highest BCUT2D eigenvalue weighted by atomic mass is 32.1. The SMILES string of the molecule is CC1(c2ccccc2)c2ccccc2-c2ccc(-c3ccc(N(c4ccc(-c5cccc6sc7ccccc7c56)cc4)c4cccc(-c5cccc6ccccc56)c4)cc3)cc21. The van der Waals surface area contributed by atoms with Crippen molar-refractivity contribution in [3.05, 3.63) is 247 Å². The second kappa shape index (κ2) is 14.6. The van der Waals surface area contributed by atoms with Crippen molar-refractivity contribution in [1.29, 1.82) is 0 Å². The molecular formula is C60H41NS. The number of hydrogen-bond donors (Lipinski definition) is 0. The zero-order valence-corrected chi connectivity index (χ0v) is 35.1. The molecule has 1 heterocycles. The van der Waals surface area contributed by atoms with Crippen molar-refractivity contribution in [1.82, 2.24) is 0 Å². The molecule has 1 aliphatic carbocycles. The van der Waals surface area contributed by atoms with Gasteiger partial charge in [-0.2, -0.15) is 0 Å². The molecule has 0 radical (unpaired) electrons. The van der Waals surface area contributed by atoms with Gasteiger partial charge in [-0.05, 0) is 133 Å². The zero-order valence-electron chi connectivity index (χ0n) is 34.3. The summed E-state index contributed by atoms with van der Waals surface area (Å²) in [5.74, 6) is 0. The Morgan fingerprint density at radius 1 is 0.355 bits per heavy atom. The van der Waals surface area contributed by atoms with E-state index < -0.39 is 0 Å². The number of thiophene rings is 1. The molecule has 1 nitrogen and oxygen atoms in total. The summed E-state index contributed by atoms with van der Waals surface area (Å²) in [5.41, 5.74) is 17.0. The highest BCUT2D eigenvalue weighted by Gasteiger charge is 2.40. The molecule has 1 unspecified atom stereocenters.